The van der Waals surface area contributed by atoms with E-state index in [1.807, 2.05) is 43.4 Å². The van der Waals surface area contributed by atoms with Crippen LogP contribution < -0.4 is 5.73 Å². The second-order valence-corrected chi connectivity index (χ2v) is 7.15. The summed E-state index contributed by atoms with van der Waals surface area (Å²) in [5, 5.41) is 0.676. The van der Waals surface area contributed by atoms with Gasteiger partial charge in [0.2, 0.25) is 5.78 Å². The number of hydrogen-bond donors (Lipinski definition) is 1. The Bertz CT molecular complexity index is 1010. The summed E-state index contributed by atoms with van der Waals surface area (Å²) in [7, 11) is 1.78. The summed E-state index contributed by atoms with van der Waals surface area (Å²) >= 11 is 6.13. The first-order chi connectivity index (χ1) is 12.9. The summed E-state index contributed by atoms with van der Waals surface area (Å²) in [6.07, 6.45) is 2.64. The Hall–Kier alpha value is -2.44. The number of carbonyl (C=O) groups is 1. The molecule has 0 spiro atoms. The van der Waals surface area contributed by atoms with Crippen molar-refractivity contribution < 1.29 is 4.79 Å². The van der Waals surface area contributed by atoms with Gasteiger partial charge in [0, 0.05) is 48.2 Å². The van der Waals surface area contributed by atoms with Crippen LogP contribution in [0.25, 0.3) is 17.0 Å². The summed E-state index contributed by atoms with van der Waals surface area (Å²) < 4.78 is 1.86. The minimum Gasteiger partial charge on any atom is -0.340 e. The van der Waals surface area contributed by atoms with Crippen LogP contribution >= 0.6 is 11.6 Å². The van der Waals surface area contributed by atoms with Gasteiger partial charge in [0.25, 0.3) is 5.91 Å². The Morgan fingerprint density at radius 3 is 2.67 bits per heavy atom. The molecule has 0 aliphatic rings. The zero-order valence-corrected chi connectivity index (χ0v) is 16.8. The largest absolute Gasteiger partial charge is 0.340 e. The summed E-state index contributed by atoms with van der Waals surface area (Å²) in [6, 6.07) is 5.73. The fourth-order valence-corrected chi connectivity index (χ4v) is 3.54. The summed E-state index contributed by atoms with van der Waals surface area (Å²) in [5.41, 5.74) is 11.1. The molecule has 0 aliphatic carbocycles. The average Bonchev–Trinajstić information content (AvgIpc) is 3.04. The molecule has 3 aromatic rings. The zero-order chi connectivity index (χ0) is 19.7. The van der Waals surface area contributed by atoms with Gasteiger partial charge in [-0.05, 0) is 38.0 Å². The first kappa shape index (κ1) is 19.3. The van der Waals surface area contributed by atoms with Gasteiger partial charge in [0.1, 0.15) is 5.69 Å². The van der Waals surface area contributed by atoms with Crippen LogP contribution in [0.5, 0.6) is 0 Å². The molecule has 1 amide bonds. The third-order valence-corrected chi connectivity index (χ3v) is 4.93. The minimum atomic E-state index is -0.118. The number of nitrogens with zero attached hydrogens (tertiary/aromatic N) is 4. The van der Waals surface area contributed by atoms with Gasteiger partial charge in [0.15, 0.2) is 0 Å². The SMILES string of the molecule is CCCN(C)C(=O)c1cn2c(-c3ccc(Cl)cc3C)c(CN)c(C)nc2n1. The third-order valence-electron chi connectivity index (χ3n) is 4.69. The number of hydrogen-bond acceptors (Lipinski definition) is 4. The topological polar surface area (TPSA) is 76.5 Å². The number of aryl methyl sites for hydroxylation is 2. The van der Waals surface area contributed by atoms with Gasteiger partial charge in [0.05, 0.1) is 5.69 Å². The van der Waals surface area contributed by atoms with Gasteiger partial charge < -0.3 is 10.6 Å². The number of rotatable bonds is 5. The number of benzene rings is 1. The van der Waals surface area contributed by atoms with E-state index in [0.29, 0.717) is 29.6 Å². The van der Waals surface area contributed by atoms with Gasteiger partial charge in [-0.2, -0.15) is 0 Å². The molecule has 2 heterocycles. The van der Waals surface area contributed by atoms with E-state index in [-0.39, 0.29) is 5.91 Å². The highest BCUT2D eigenvalue weighted by Gasteiger charge is 2.21. The van der Waals surface area contributed by atoms with Crippen LogP contribution in [-0.2, 0) is 6.54 Å². The molecule has 0 radical (unpaired) electrons. The van der Waals surface area contributed by atoms with E-state index in [4.69, 9.17) is 17.3 Å². The highest BCUT2D eigenvalue weighted by atomic mass is 35.5. The molecule has 0 unspecified atom stereocenters. The van der Waals surface area contributed by atoms with Crippen molar-refractivity contribution in [3.05, 3.63) is 51.9 Å². The van der Waals surface area contributed by atoms with Crippen molar-refractivity contribution in [2.24, 2.45) is 5.73 Å². The lowest BCUT2D eigenvalue weighted by Gasteiger charge is -2.15. The van der Waals surface area contributed by atoms with Crippen molar-refractivity contribution in [1.29, 1.82) is 0 Å². The molecule has 0 aliphatic heterocycles. The van der Waals surface area contributed by atoms with Gasteiger partial charge in [-0.15, -0.1) is 0 Å². The predicted octanol–water partition coefficient (Wildman–Crippen LogP) is 3.61. The van der Waals surface area contributed by atoms with Crippen LogP contribution in [0.4, 0.5) is 0 Å². The third kappa shape index (κ3) is 3.55. The van der Waals surface area contributed by atoms with Crippen LogP contribution in [0.2, 0.25) is 5.02 Å². The van der Waals surface area contributed by atoms with E-state index < -0.39 is 0 Å². The number of amides is 1. The molecule has 2 aromatic heterocycles. The van der Waals surface area contributed by atoms with Gasteiger partial charge in [-0.3, -0.25) is 9.20 Å². The molecule has 142 valence electrons. The molecule has 0 fully saturated rings. The van der Waals surface area contributed by atoms with Gasteiger partial charge in [-0.1, -0.05) is 24.6 Å². The molecule has 0 saturated carbocycles. The Morgan fingerprint density at radius 2 is 2.04 bits per heavy atom. The second kappa shape index (κ2) is 7.66. The molecule has 0 atom stereocenters. The number of imidazole rings is 1. The minimum absolute atomic E-state index is 0.118. The number of halogens is 1. The monoisotopic (exact) mass is 385 g/mol. The number of fused-ring (bicyclic) bond motifs is 1. The highest BCUT2D eigenvalue weighted by molar-refractivity contribution is 6.30. The molecule has 6 nitrogen and oxygen atoms in total. The van der Waals surface area contributed by atoms with E-state index in [9.17, 15) is 4.79 Å². The van der Waals surface area contributed by atoms with Crippen molar-refractivity contribution >= 4 is 23.3 Å². The normalized spacial score (nSPS) is 11.2. The van der Waals surface area contributed by atoms with Crippen LogP contribution in [0.15, 0.2) is 24.4 Å². The summed E-state index contributed by atoms with van der Waals surface area (Å²) in [6.45, 7) is 6.96. The van der Waals surface area contributed by atoms with Crippen molar-refractivity contribution in [3.63, 3.8) is 0 Å². The van der Waals surface area contributed by atoms with Crippen LogP contribution in [0.1, 0.15) is 40.7 Å². The highest BCUT2D eigenvalue weighted by Crippen LogP contribution is 2.31. The lowest BCUT2D eigenvalue weighted by molar-refractivity contribution is 0.0790. The number of aromatic nitrogens is 3. The molecule has 0 saturated heterocycles. The van der Waals surface area contributed by atoms with Crippen LogP contribution in [0, 0.1) is 13.8 Å². The predicted molar refractivity (Wildman–Crippen MR) is 108 cm³/mol. The van der Waals surface area contributed by atoms with E-state index in [0.717, 1.165) is 34.5 Å². The van der Waals surface area contributed by atoms with Crippen molar-refractivity contribution in [1.82, 2.24) is 19.3 Å². The van der Waals surface area contributed by atoms with Gasteiger partial charge >= 0.3 is 0 Å². The van der Waals surface area contributed by atoms with E-state index >= 15 is 0 Å². The Morgan fingerprint density at radius 1 is 1.30 bits per heavy atom. The molecule has 27 heavy (non-hydrogen) atoms. The lowest BCUT2D eigenvalue weighted by atomic mass is 10.00. The summed E-state index contributed by atoms with van der Waals surface area (Å²) in [4.78, 5) is 23.4. The standard InChI is InChI=1S/C20H24ClN5O/c1-5-8-25(4)19(27)17-11-26-18(15-7-6-14(21)9-12(15)2)16(10-22)13(3)23-20(26)24-17/h6-7,9,11H,5,8,10,22H2,1-4H3. The molecular formula is C20H24ClN5O. The Kier molecular flexibility index (Phi) is 5.48. The molecule has 2 N–H and O–H groups in total. The quantitative estimate of drug-likeness (QED) is 0.727. The zero-order valence-electron chi connectivity index (χ0n) is 16.1. The Labute approximate surface area is 164 Å². The van der Waals surface area contributed by atoms with Gasteiger partial charge in [-0.25, -0.2) is 9.97 Å². The van der Waals surface area contributed by atoms with Crippen molar-refractivity contribution in [2.45, 2.75) is 33.7 Å². The van der Waals surface area contributed by atoms with Crippen molar-refractivity contribution in [2.75, 3.05) is 13.6 Å². The fourth-order valence-electron chi connectivity index (χ4n) is 3.31. The fraction of sp³-hybridized carbons (Fsp3) is 0.350. The second-order valence-electron chi connectivity index (χ2n) is 6.71. The maximum absolute atomic E-state index is 12.7. The maximum Gasteiger partial charge on any atom is 0.273 e. The van der Waals surface area contributed by atoms with E-state index in [1.54, 1.807) is 18.1 Å². The van der Waals surface area contributed by atoms with Crippen molar-refractivity contribution in [3.8, 4) is 11.3 Å². The maximum atomic E-state index is 12.7. The molecule has 0 bridgehead atoms. The average molecular weight is 386 g/mol. The smallest absolute Gasteiger partial charge is 0.273 e. The molecule has 3 rings (SSSR count). The summed E-state index contributed by atoms with van der Waals surface area (Å²) in [5.74, 6) is 0.371. The molecular weight excluding hydrogens is 362 g/mol. The Balaban J connectivity index is 2.26. The molecule has 1 aromatic carbocycles. The molecule has 7 heteroatoms. The van der Waals surface area contributed by atoms with E-state index in [2.05, 4.69) is 9.97 Å². The number of nitrogens with two attached hydrogens (primary N) is 1. The lowest BCUT2D eigenvalue weighted by Crippen LogP contribution is -2.27. The first-order valence-electron chi connectivity index (χ1n) is 8.98. The van der Waals surface area contributed by atoms with Crippen LogP contribution in [0.3, 0.4) is 0 Å². The van der Waals surface area contributed by atoms with E-state index in [1.165, 1.54) is 0 Å². The number of carbonyl (C=O) groups excluding carboxylic acids is 1. The van der Waals surface area contributed by atoms with Crippen LogP contribution in [-0.4, -0.2) is 38.8 Å². The first-order valence-corrected chi connectivity index (χ1v) is 9.35.